The highest BCUT2D eigenvalue weighted by Gasteiger charge is 2.20. The van der Waals surface area contributed by atoms with Crippen molar-refractivity contribution in [2.45, 2.75) is 6.92 Å². The lowest BCUT2D eigenvalue weighted by Crippen LogP contribution is -2.41. The van der Waals surface area contributed by atoms with E-state index in [9.17, 15) is 4.79 Å². The molecule has 3 heterocycles. The minimum absolute atomic E-state index is 0.137. The van der Waals surface area contributed by atoms with Crippen LogP contribution >= 0.6 is 0 Å². The molecule has 1 N–H and O–H groups in total. The number of aromatic nitrogens is 2. The van der Waals surface area contributed by atoms with E-state index in [4.69, 9.17) is 4.74 Å². The first-order valence-corrected chi connectivity index (χ1v) is 9.35. The summed E-state index contributed by atoms with van der Waals surface area (Å²) in [5.41, 5.74) is 4.23. The second-order valence-corrected chi connectivity index (χ2v) is 6.81. The van der Waals surface area contributed by atoms with Crippen LogP contribution in [0.3, 0.4) is 0 Å². The summed E-state index contributed by atoms with van der Waals surface area (Å²) in [5, 5.41) is 3.03. The van der Waals surface area contributed by atoms with E-state index in [1.807, 2.05) is 40.9 Å². The van der Waals surface area contributed by atoms with Crippen molar-refractivity contribution < 1.29 is 9.53 Å². The molecule has 1 amide bonds. The number of fused-ring (bicyclic) bond motifs is 1. The van der Waals surface area contributed by atoms with Crippen LogP contribution in [0.2, 0.25) is 0 Å². The number of benzene rings is 1. The maximum Gasteiger partial charge on any atom is 0.272 e. The number of carbonyl (C=O) groups excluding carboxylic acids is 1. The first kappa shape index (κ1) is 17.7. The number of aryl methyl sites for hydroxylation is 1. The number of hydrogen-bond donors (Lipinski definition) is 1. The molecule has 6 nitrogen and oxygen atoms in total. The minimum Gasteiger partial charge on any atom is -0.379 e. The fourth-order valence-corrected chi connectivity index (χ4v) is 3.38. The Morgan fingerprint density at radius 1 is 1.15 bits per heavy atom. The molecule has 6 heteroatoms. The zero-order valence-corrected chi connectivity index (χ0v) is 15.5. The van der Waals surface area contributed by atoms with Gasteiger partial charge in [0, 0.05) is 37.9 Å². The molecule has 3 aromatic rings. The maximum absolute atomic E-state index is 12.9. The summed E-state index contributed by atoms with van der Waals surface area (Å²) >= 11 is 0. The van der Waals surface area contributed by atoms with Gasteiger partial charge in [-0.2, -0.15) is 0 Å². The molecule has 0 radical (unpaired) electrons. The second kappa shape index (κ2) is 7.90. The number of rotatable bonds is 5. The number of nitrogens with zero attached hydrogens (tertiary/aromatic N) is 3. The zero-order valence-electron chi connectivity index (χ0n) is 15.5. The molecule has 1 aliphatic rings. The van der Waals surface area contributed by atoms with Gasteiger partial charge in [-0.05, 0) is 19.1 Å². The van der Waals surface area contributed by atoms with Gasteiger partial charge in [0.1, 0.15) is 5.65 Å². The largest absolute Gasteiger partial charge is 0.379 e. The van der Waals surface area contributed by atoms with Crippen molar-refractivity contribution in [3.05, 3.63) is 59.9 Å². The Kier molecular flexibility index (Phi) is 5.18. The summed E-state index contributed by atoms with van der Waals surface area (Å²) < 4.78 is 7.34. The van der Waals surface area contributed by atoms with Crippen molar-refractivity contribution in [3.63, 3.8) is 0 Å². The van der Waals surface area contributed by atoms with Gasteiger partial charge >= 0.3 is 0 Å². The molecule has 0 saturated carbocycles. The Morgan fingerprint density at radius 3 is 2.70 bits per heavy atom. The summed E-state index contributed by atoms with van der Waals surface area (Å²) in [4.78, 5) is 19.8. The SMILES string of the molecule is Cc1ccc(-c2c(C(=O)NCCN3CCOCC3)nc3ccccn23)cc1. The Bertz CT molecular complexity index is 927. The molecule has 27 heavy (non-hydrogen) atoms. The predicted octanol–water partition coefficient (Wildman–Crippen LogP) is 2.37. The van der Waals surface area contributed by atoms with Gasteiger partial charge in [-0.1, -0.05) is 35.9 Å². The minimum atomic E-state index is -0.137. The van der Waals surface area contributed by atoms with E-state index in [0.29, 0.717) is 12.2 Å². The highest BCUT2D eigenvalue weighted by molar-refractivity contribution is 5.99. The molecule has 140 valence electrons. The van der Waals surface area contributed by atoms with Crippen LogP contribution in [-0.4, -0.2) is 59.6 Å². The van der Waals surface area contributed by atoms with Crippen molar-refractivity contribution in [2.75, 3.05) is 39.4 Å². The molecular formula is C21H24N4O2. The number of carbonyl (C=O) groups is 1. The van der Waals surface area contributed by atoms with Gasteiger partial charge in [0.2, 0.25) is 0 Å². The van der Waals surface area contributed by atoms with E-state index in [1.165, 1.54) is 5.56 Å². The number of nitrogens with one attached hydrogen (secondary N) is 1. The van der Waals surface area contributed by atoms with E-state index in [-0.39, 0.29) is 5.91 Å². The fraction of sp³-hybridized carbons (Fsp3) is 0.333. The monoisotopic (exact) mass is 364 g/mol. The molecule has 1 aliphatic heterocycles. The van der Waals surface area contributed by atoms with E-state index in [0.717, 1.165) is 49.8 Å². The van der Waals surface area contributed by atoms with Gasteiger partial charge in [0.15, 0.2) is 5.69 Å². The van der Waals surface area contributed by atoms with Crippen molar-refractivity contribution in [1.29, 1.82) is 0 Å². The molecule has 0 aliphatic carbocycles. The molecule has 0 atom stereocenters. The van der Waals surface area contributed by atoms with Crippen LogP contribution in [0.5, 0.6) is 0 Å². The smallest absolute Gasteiger partial charge is 0.272 e. The normalized spacial score (nSPS) is 15.1. The fourth-order valence-electron chi connectivity index (χ4n) is 3.38. The first-order valence-electron chi connectivity index (χ1n) is 9.35. The van der Waals surface area contributed by atoms with E-state index in [2.05, 4.69) is 34.3 Å². The average Bonchev–Trinajstić information content (AvgIpc) is 3.09. The van der Waals surface area contributed by atoms with Crippen LogP contribution in [0.1, 0.15) is 16.1 Å². The summed E-state index contributed by atoms with van der Waals surface area (Å²) in [6, 6.07) is 14.0. The Morgan fingerprint density at radius 2 is 1.93 bits per heavy atom. The number of imidazole rings is 1. The molecule has 0 unspecified atom stereocenters. The van der Waals surface area contributed by atoms with Crippen LogP contribution in [0.4, 0.5) is 0 Å². The number of ether oxygens (including phenoxy) is 1. The van der Waals surface area contributed by atoms with Crippen LogP contribution in [0.25, 0.3) is 16.9 Å². The van der Waals surface area contributed by atoms with Crippen molar-refractivity contribution in [1.82, 2.24) is 19.6 Å². The molecule has 2 aromatic heterocycles. The quantitative estimate of drug-likeness (QED) is 0.755. The summed E-state index contributed by atoms with van der Waals surface area (Å²) in [6.45, 7) is 6.83. The highest BCUT2D eigenvalue weighted by atomic mass is 16.5. The summed E-state index contributed by atoms with van der Waals surface area (Å²) in [5.74, 6) is -0.137. The van der Waals surface area contributed by atoms with Crippen LogP contribution in [-0.2, 0) is 4.74 Å². The lowest BCUT2D eigenvalue weighted by atomic mass is 10.1. The third-order valence-electron chi connectivity index (χ3n) is 4.89. The van der Waals surface area contributed by atoms with Gasteiger partial charge < -0.3 is 10.1 Å². The van der Waals surface area contributed by atoms with Crippen molar-refractivity contribution in [3.8, 4) is 11.3 Å². The number of morpholine rings is 1. The summed E-state index contributed by atoms with van der Waals surface area (Å²) in [7, 11) is 0. The topological polar surface area (TPSA) is 58.9 Å². The molecule has 4 rings (SSSR count). The second-order valence-electron chi connectivity index (χ2n) is 6.81. The standard InChI is InChI=1S/C21H24N4O2/c1-16-5-7-17(8-6-16)20-19(23-18-4-2-3-10-25(18)20)21(26)22-9-11-24-12-14-27-15-13-24/h2-8,10H,9,11-15H2,1H3,(H,22,26). The average molecular weight is 364 g/mol. The Labute approximate surface area is 158 Å². The maximum atomic E-state index is 12.9. The highest BCUT2D eigenvalue weighted by Crippen LogP contribution is 2.25. The predicted molar refractivity (Wildman–Crippen MR) is 105 cm³/mol. The van der Waals surface area contributed by atoms with Gasteiger partial charge in [0.05, 0.1) is 18.9 Å². The number of hydrogen-bond acceptors (Lipinski definition) is 4. The van der Waals surface area contributed by atoms with Gasteiger partial charge in [-0.25, -0.2) is 4.98 Å². The van der Waals surface area contributed by atoms with E-state index < -0.39 is 0 Å². The molecule has 1 aromatic carbocycles. The Balaban J connectivity index is 1.57. The van der Waals surface area contributed by atoms with Crippen molar-refractivity contribution in [2.24, 2.45) is 0 Å². The zero-order chi connectivity index (χ0) is 18.6. The molecule has 1 saturated heterocycles. The number of pyridine rings is 1. The van der Waals surface area contributed by atoms with Crippen LogP contribution in [0, 0.1) is 6.92 Å². The Hall–Kier alpha value is -2.70. The number of amides is 1. The molecule has 0 spiro atoms. The van der Waals surface area contributed by atoms with Crippen LogP contribution < -0.4 is 5.32 Å². The molecule has 1 fully saturated rings. The third-order valence-corrected chi connectivity index (χ3v) is 4.89. The summed E-state index contributed by atoms with van der Waals surface area (Å²) in [6.07, 6.45) is 1.95. The van der Waals surface area contributed by atoms with Gasteiger partial charge in [-0.3, -0.25) is 14.1 Å². The van der Waals surface area contributed by atoms with E-state index in [1.54, 1.807) is 0 Å². The van der Waals surface area contributed by atoms with Crippen molar-refractivity contribution >= 4 is 11.6 Å². The van der Waals surface area contributed by atoms with Gasteiger partial charge in [0.25, 0.3) is 5.91 Å². The van der Waals surface area contributed by atoms with Gasteiger partial charge in [-0.15, -0.1) is 0 Å². The lowest BCUT2D eigenvalue weighted by molar-refractivity contribution is 0.0383. The van der Waals surface area contributed by atoms with E-state index >= 15 is 0 Å². The van der Waals surface area contributed by atoms with Crippen LogP contribution in [0.15, 0.2) is 48.7 Å². The third kappa shape index (κ3) is 3.86. The molecular weight excluding hydrogens is 340 g/mol. The first-order chi connectivity index (χ1) is 13.2. The molecule has 0 bridgehead atoms. The lowest BCUT2D eigenvalue weighted by Gasteiger charge is -2.26.